The van der Waals surface area contributed by atoms with Gasteiger partial charge in [0.25, 0.3) is 0 Å². The molecule has 7 heteroatoms. The van der Waals surface area contributed by atoms with E-state index in [2.05, 4.69) is 5.32 Å². The molecule has 1 aliphatic rings. The fourth-order valence-electron chi connectivity index (χ4n) is 2.95. The standard InChI is InChI=1S/C20H20F2N2O3/c1-12(2)27-15-8-6-14(7-9-15)24-11-13(10-18(24)25)20(26)23-19-16(21)4-3-5-17(19)22/h3-9,12-13H,10-11H2,1-2H3,(H,23,26). The summed E-state index contributed by atoms with van der Waals surface area (Å²) in [4.78, 5) is 26.2. The predicted molar refractivity (Wildman–Crippen MR) is 97.7 cm³/mol. The van der Waals surface area contributed by atoms with Crippen LogP contribution in [0.25, 0.3) is 0 Å². The van der Waals surface area contributed by atoms with Gasteiger partial charge in [-0.05, 0) is 50.2 Å². The number of hydrogen-bond donors (Lipinski definition) is 1. The van der Waals surface area contributed by atoms with Crippen LogP contribution in [0, 0.1) is 17.6 Å². The van der Waals surface area contributed by atoms with Gasteiger partial charge in [-0.15, -0.1) is 0 Å². The molecule has 3 rings (SSSR count). The fourth-order valence-corrected chi connectivity index (χ4v) is 2.95. The van der Waals surface area contributed by atoms with Crippen molar-refractivity contribution in [2.24, 2.45) is 5.92 Å². The quantitative estimate of drug-likeness (QED) is 0.867. The molecular formula is C20H20F2N2O3. The van der Waals surface area contributed by atoms with E-state index < -0.39 is 29.1 Å². The van der Waals surface area contributed by atoms with E-state index in [1.165, 1.54) is 11.0 Å². The summed E-state index contributed by atoms with van der Waals surface area (Å²) in [6.45, 7) is 3.98. The Morgan fingerprint density at radius 1 is 1.15 bits per heavy atom. The molecule has 27 heavy (non-hydrogen) atoms. The highest BCUT2D eigenvalue weighted by Gasteiger charge is 2.35. The molecule has 2 aromatic rings. The molecule has 5 nitrogen and oxygen atoms in total. The summed E-state index contributed by atoms with van der Waals surface area (Å²) in [5.74, 6) is -2.53. The monoisotopic (exact) mass is 374 g/mol. The highest BCUT2D eigenvalue weighted by molar-refractivity contribution is 6.03. The maximum absolute atomic E-state index is 13.7. The van der Waals surface area contributed by atoms with E-state index >= 15 is 0 Å². The lowest BCUT2D eigenvalue weighted by Gasteiger charge is -2.18. The van der Waals surface area contributed by atoms with Crippen LogP contribution in [0.3, 0.4) is 0 Å². The highest BCUT2D eigenvalue weighted by atomic mass is 19.1. The van der Waals surface area contributed by atoms with Gasteiger partial charge in [0.2, 0.25) is 11.8 Å². The molecule has 1 N–H and O–H groups in total. The Labute approximate surface area is 155 Å². The molecule has 0 spiro atoms. The van der Waals surface area contributed by atoms with Crippen LogP contribution >= 0.6 is 0 Å². The van der Waals surface area contributed by atoms with Gasteiger partial charge in [0.1, 0.15) is 23.1 Å². The summed E-state index contributed by atoms with van der Waals surface area (Å²) in [5, 5.41) is 2.26. The van der Waals surface area contributed by atoms with E-state index in [1.807, 2.05) is 13.8 Å². The Balaban J connectivity index is 1.69. The number of nitrogens with one attached hydrogen (secondary N) is 1. The molecule has 1 fully saturated rings. The molecule has 1 atom stereocenters. The second-order valence-electron chi connectivity index (χ2n) is 6.65. The molecule has 1 unspecified atom stereocenters. The molecule has 0 aromatic heterocycles. The van der Waals surface area contributed by atoms with Crippen molar-refractivity contribution in [1.29, 1.82) is 0 Å². The Morgan fingerprint density at radius 3 is 2.37 bits per heavy atom. The topological polar surface area (TPSA) is 58.6 Å². The van der Waals surface area contributed by atoms with E-state index in [9.17, 15) is 18.4 Å². The van der Waals surface area contributed by atoms with E-state index in [-0.39, 0.29) is 25.0 Å². The van der Waals surface area contributed by atoms with Crippen LogP contribution in [0.4, 0.5) is 20.2 Å². The van der Waals surface area contributed by atoms with E-state index in [0.717, 1.165) is 12.1 Å². The summed E-state index contributed by atoms with van der Waals surface area (Å²) in [6.07, 6.45) is 0.0164. The van der Waals surface area contributed by atoms with Crippen LogP contribution in [0.15, 0.2) is 42.5 Å². The number of carbonyl (C=O) groups is 2. The zero-order chi connectivity index (χ0) is 19.6. The number of hydrogen-bond acceptors (Lipinski definition) is 3. The van der Waals surface area contributed by atoms with Gasteiger partial charge in [-0.25, -0.2) is 8.78 Å². The second kappa shape index (κ2) is 7.73. The van der Waals surface area contributed by atoms with Gasteiger partial charge in [0.05, 0.1) is 12.0 Å². The molecule has 0 radical (unpaired) electrons. The second-order valence-corrected chi connectivity index (χ2v) is 6.65. The molecule has 0 saturated carbocycles. The van der Waals surface area contributed by atoms with Crippen molar-refractivity contribution in [3.05, 3.63) is 54.1 Å². The normalized spacial score (nSPS) is 16.7. The fraction of sp³-hybridized carbons (Fsp3) is 0.300. The van der Waals surface area contributed by atoms with Crippen molar-refractivity contribution < 1.29 is 23.1 Å². The molecule has 2 amide bonds. The number of amides is 2. The van der Waals surface area contributed by atoms with E-state index in [0.29, 0.717) is 11.4 Å². The third-order valence-electron chi connectivity index (χ3n) is 4.23. The largest absolute Gasteiger partial charge is 0.491 e. The molecule has 142 valence electrons. The molecule has 0 aliphatic carbocycles. The summed E-state index contributed by atoms with van der Waals surface area (Å²) in [5.41, 5.74) is 0.145. The van der Waals surface area contributed by atoms with Crippen LogP contribution in [0.5, 0.6) is 5.75 Å². The third-order valence-corrected chi connectivity index (χ3v) is 4.23. The van der Waals surface area contributed by atoms with Gasteiger partial charge in [0.15, 0.2) is 0 Å². The number of halogens is 2. The molecule has 1 aliphatic heterocycles. The van der Waals surface area contributed by atoms with Crippen molar-refractivity contribution >= 4 is 23.2 Å². The summed E-state index contributed by atoms with van der Waals surface area (Å²) < 4.78 is 33.0. The number of rotatable bonds is 5. The zero-order valence-corrected chi connectivity index (χ0v) is 15.0. The summed E-state index contributed by atoms with van der Waals surface area (Å²) in [6, 6.07) is 10.3. The average Bonchev–Trinajstić information content (AvgIpc) is 3.00. The number of ether oxygens (including phenoxy) is 1. The first-order valence-electron chi connectivity index (χ1n) is 8.67. The first kappa shape index (κ1) is 18.8. The lowest BCUT2D eigenvalue weighted by molar-refractivity contribution is -0.122. The van der Waals surface area contributed by atoms with Gasteiger partial charge in [0, 0.05) is 18.7 Å². The van der Waals surface area contributed by atoms with Gasteiger partial charge in [-0.2, -0.15) is 0 Å². The van der Waals surface area contributed by atoms with Crippen molar-refractivity contribution in [1.82, 2.24) is 0 Å². The average molecular weight is 374 g/mol. The number of anilines is 2. The van der Waals surface area contributed by atoms with Crippen LogP contribution in [0.2, 0.25) is 0 Å². The number of para-hydroxylation sites is 1. The Bertz CT molecular complexity index is 833. The Morgan fingerprint density at radius 2 is 1.78 bits per heavy atom. The minimum Gasteiger partial charge on any atom is -0.491 e. The van der Waals surface area contributed by atoms with Gasteiger partial charge < -0.3 is 15.0 Å². The first-order valence-corrected chi connectivity index (χ1v) is 8.67. The zero-order valence-electron chi connectivity index (χ0n) is 15.0. The molecule has 1 heterocycles. The summed E-state index contributed by atoms with van der Waals surface area (Å²) in [7, 11) is 0. The minimum absolute atomic E-state index is 0.0217. The SMILES string of the molecule is CC(C)Oc1ccc(N2CC(C(=O)Nc3c(F)cccc3F)CC2=O)cc1. The first-order chi connectivity index (χ1) is 12.8. The molecule has 2 aromatic carbocycles. The summed E-state index contributed by atoms with van der Waals surface area (Å²) >= 11 is 0. The molecule has 1 saturated heterocycles. The van der Waals surface area contributed by atoms with Crippen LogP contribution in [-0.2, 0) is 9.59 Å². The lowest BCUT2D eigenvalue weighted by atomic mass is 10.1. The van der Waals surface area contributed by atoms with Gasteiger partial charge in [-0.1, -0.05) is 6.07 Å². The number of nitrogens with zero attached hydrogens (tertiary/aromatic N) is 1. The van der Waals surface area contributed by atoms with E-state index in [1.54, 1.807) is 24.3 Å². The van der Waals surface area contributed by atoms with Crippen molar-refractivity contribution in [2.45, 2.75) is 26.4 Å². The highest BCUT2D eigenvalue weighted by Crippen LogP contribution is 2.28. The maximum atomic E-state index is 13.7. The van der Waals surface area contributed by atoms with Gasteiger partial charge >= 0.3 is 0 Å². The predicted octanol–water partition coefficient (Wildman–Crippen LogP) is 3.74. The molecular weight excluding hydrogens is 354 g/mol. The Hall–Kier alpha value is -2.96. The van der Waals surface area contributed by atoms with Crippen LogP contribution in [0.1, 0.15) is 20.3 Å². The van der Waals surface area contributed by atoms with Crippen molar-refractivity contribution in [3.8, 4) is 5.75 Å². The minimum atomic E-state index is -0.856. The van der Waals surface area contributed by atoms with Crippen LogP contribution in [-0.4, -0.2) is 24.5 Å². The van der Waals surface area contributed by atoms with Gasteiger partial charge in [-0.3, -0.25) is 9.59 Å². The smallest absolute Gasteiger partial charge is 0.229 e. The number of benzene rings is 2. The third kappa shape index (κ3) is 4.24. The van der Waals surface area contributed by atoms with E-state index in [4.69, 9.17) is 4.74 Å². The van der Waals surface area contributed by atoms with Crippen molar-refractivity contribution in [2.75, 3.05) is 16.8 Å². The maximum Gasteiger partial charge on any atom is 0.229 e. The number of carbonyl (C=O) groups excluding carboxylic acids is 2. The lowest BCUT2D eigenvalue weighted by Crippen LogP contribution is -2.28. The Kier molecular flexibility index (Phi) is 5.39. The van der Waals surface area contributed by atoms with Crippen LogP contribution < -0.4 is 15.0 Å². The molecule has 0 bridgehead atoms. The van der Waals surface area contributed by atoms with Crippen molar-refractivity contribution in [3.63, 3.8) is 0 Å².